The third-order valence-corrected chi connectivity index (χ3v) is 7.69. The summed E-state index contributed by atoms with van der Waals surface area (Å²) >= 11 is 0. The van der Waals surface area contributed by atoms with Crippen LogP contribution in [-0.2, 0) is 24.3 Å². The number of rotatable bonds is 8. The number of aryl methyl sites for hydroxylation is 1. The molecule has 2 saturated heterocycles. The summed E-state index contributed by atoms with van der Waals surface area (Å²) in [5, 5.41) is 3.36. The number of aromatic nitrogens is 4. The average molecular weight is 508 g/mol. The van der Waals surface area contributed by atoms with E-state index in [2.05, 4.69) is 24.1 Å². The van der Waals surface area contributed by atoms with Crippen LogP contribution in [0.25, 0.3) is 11.2 Å². The van der Waals surface area contributed by atoms with Gasteiger partial charge >= 0.3 is 5.69 Å². The number of carbonyl (C=O) groups is 1. The van der Waals surface area contributed by atoms with Gasteiger partial charge in [0.1, 0.15) is 6.54 Å². The van der Waals surface area contributed by atoms with Crippen molar-refractivity contribution in [2.45, 2.75) is 58.7 Å². The first-order valence-electron chi connectivity index (χ1n) is 13.5. The molecule has 0 radical (unpaired) electrons. The van der Waals surface area contributed by atoms with Crippen LogP contribution < -0.4 is 21.5 Å². The third-order valence-electron chi connectivity index (χ3n) is 7.69. The topological polar surface area (TPSA) is 97.4 Å². The van der Waals surface area contributed by atoms with Crippen molar-refractivity contribution in [1.82, 2.24) is 28.9 Å². The van der Waals surface area contributed by atoms with Crippen LogP contribution in [0.3, 0.4) is 0 Å². The summed E-state index contributed by atoms with van der Waals surface area (Å²) in [7, 11) is 0. The number of nitrogens with one attached hydrogen (secondary N) is 1. The Labute approximate surface area is 216 Å². The highest BCUT2D eigenvalue weighted by atomic mass is 16.2. The molecule has 1 aromatic carbocycles. The molecule has 1 atom stereocenters. The van der Waals surface area contributed by atoms with Crippen molar-refractivity contribution in [1.29, 1.82) is 0 Å². The van der Waals surface area contributed by atoms with E-state index in [0.29, 0.717) is 36.6 Å². The van der Waals surface area contributed by atoms with Gasteiger partial charge in [-0.3, -0.25) is 18.7 Å². The normalized spacial score (nSPS) is 17.0. The number of piperazine rings is 1. The Bertz CT molecular complexity index is 1360. The molecule has 198 valence electrons. The van der Waals surface area contributed by atoms with Crippen LogP contribution in [0.5, 0.6) is 0 Å². The molecule has 10 nitrogen and oxygen atoms in total. The van der Waals surface area contributed by atoms with E-state index < -0.39 is 5.69 Å². The van der Waals surface area contributed by atoms with Crippen LogP contribution in [0, 0.1) is 0 Å². The third kappa shape index (κ3) is 4.94. The van der Waals surface area contributed by atoms with E-state index in [0.717, 1.165) is 51.0 Å². The molecular weight excluding hydrogens is 470 g/mol. The van der Waals surface area contributed by atoms with E-state index in [1.54, 1.807) is 4.90 Å². The minimum absolute atomic E-state index is 0.00500. The van der Waals surface area contributed by atoms with E-state index in [1.165, 1.54) is 9.13 Å². The predicted octanol–water partition coefficient (Wildman–Crippen LogP) is 1.61. The number of benzene rings is 1. The molecule has 2 aliphatic rings. The molecule has 3 aromatic rings. The minimum Gasteiger partial charge on any atom is -0.341 e. The van der Waals surface area contributed by atoms with Gasteiger partial charge in [-0.15, -0.1) is 0 Å². The molecule has 10 heteroatoms. The molecule has 0 spiro atoms. The number of nitrogens with zero attached hydrogens (tertiary/aromatic N) is 6. The van der Waals surface area contributed by atoms with Gasteiger partial charge in [0.2, 0.25) is 11.9 Å². The van der Waals surface area contributed by atoms with Crippen LogP contribution in [-0.4, -0.2) is 68.8 Å². The van der Waals surface area contributed by atoms with Crippen molar-refractivity contribution < 1.29 is 4.79 Å². The van der Waals surface area contributed by atoms with Crippen molar-refractivity contribution in [3.05, 3.63) is 56.7 Å². The number of fused-ring (bicyclic) bond motifs is 1. The average Bonchev–Trinajstić information content (AvgIpc) is 3.61. The maximum absolute atomic E-state index is 14.0. The van der Waals surface area contributed by atoms with Gasteiger partial charge in [0, 0.05) is 51.9 Å². The molecule has 37 heavy (non-hydrogen) atoms. The summed E-state index contributed by atoms with van der Waals surface area (Å²) in [6, 6.07) is 9.83. The quantitative estimate of drug-likeness (QED) is 0.498. The Morgan fingerprint density at radius 2 is 1.73 bits per heavy atom. The van der Waals surface area contributed by atoms with Gasteiger partial charge in [0.15, 0.2) is 11.2 Å². The summed E-state index contributed by atoms with van der Waals surface area (Å²) in [6.07, 6.45) is 3.30. The Hall–Kier alpha value is -3.40. The fraction of sp³-hybridized carbons (Fsp3) is 0.556. The van der Waals surface area contributed by atoms with E-state index in [1.807, 2.05) is 34.9 Å². The maximum Gasteiger partial charge on any atom is 0.333 e. The first-order valence-corrected chi connectivity index (χ1v) is 13.5. The second kappa shape index (κ2) is 10.9. The number of hydrogen-bond acceptors (Lipinski definition) is 6. The second-order valence-corrected chi connectivity index (χ2v) is 10.1. The number of amides is 1. The summed E-state index contributed by atoms with van der Waals surface area (Å²) in [6.45, 7) is 8.87. The Morgan fingerprint density at radius 1 is 1.03 bits per heavy atom. The Kier molecular flexibility index (Phi) is 7.45. The summed E-state index contributed by atoms with van der Waals surface area (Å²) < 4.78 is 4.74. The Balaban J connectivity index is 1.68. The van der Waals surface area contributed by atoms with Gasteiger partial charge in [-0.1, -0.05) is 37.3 Å². The molecule has 4 heterocycles. The molecule has 2 aliphatic heterocycles. The fourth-order valence-electron chi connectivity index (χ4n) is 5.36. The molecule has 0 aliphatic carbocycles. The predicted molar refractivity (Wildman–Crippen MR) is 144 cm³/mol. The molecule has 1 unspecified atom stereocenters. The standard InChI is InChI=1S/C27H37N7O3/c1-3-20(2)34-23-24(29-26(34)31-17-12-28-13-18-31)33(19-22(35)30-14-7-8-15-30)27(37)32(25(23)36)16-11-21-9-5-4-6-10-21/h4-6,9-10,20,28H,3,7-8,11-19H2,1-2H3. The van der Waals surface area contributed by atoms with E-state index in [-0.39, 0.29) is 30.6 Å². The van der Waals surface area contributed by atoms with Gasteiger partial charge in [-0.25, -0.2) is 4.79 Å². The van der Waals surface area contributed by atoms with Crippen LogP contribution >= 0.6 is 0 Å². The Morgan fingerprint density at radius 3 is 2.41 bits per heavy atom. The van der Waals surface area contributed by atoms with Crippen molar-refractivity contribution in [2.24, 2.45) is 0 Å². The molecule has 2 aromatic heterocycles. The number of imidazole rings is 1. The maximum atomic E-state index is 14.0. The van der Waals surface area contributed by atoms with Gasteiger partial charge in [0.25, 0.3) is 5.56 Å². The van der Waals surface area contributed by atoms with Crippen LogP contribution in [0.2, 0.25) is 0 Å². The zero-order valence-corrected chi connectivity index (χ0v) is 21.9. The minimum atomic E-state index is -0.471. The van der Waals surface area contributed by atoms with E-state index >= 15 is 0 Å². The zero-order chi connectivity index (χ0) is 25.9. The lowest BCUT2D eigenvalue weighted by Crippen LogP contribution is -2.45. The highest BCUT2D eigenvalue weighted by Crippen LogP contribution is 2.27. The molecule has 5 rings (SSSR count). The van der Waals surface area contributed by atoms with Gasteiger partial charge in [0.05, 0.1) is 0 Å². The number of carbonyl (C=O) groups excluding carboxylic acids is 1. The molecule has 0 bridgehead atoms. The second-order valence-electron chi connectivity index (χ2n) is 10.1. The summed E-state index contributed by atoms with van der Waals surface area (Å²) in [5.41, 5.74) is 0.958. The molecule has 0 saturated carbocycles. The largest absolute Gasteiger partial charge is 0.341 e. The lowest BCUT2D eigenvalue weighted by atomic mass is 10.1. The summed E-state index contributed by atoms with van der Waals surface area (Å²) in [5.74, 6) is 0.599. The highest BCUT2D eigenvalue weighted by molar-refractivity contribution is 5.80. The number of hydrogen-bond donors (Lipinski definition) is 1. The lowest BCUT2D eigenvalue weighted by molar-refractivity contribution is -0.130. The smallest absolute Gasteiger partial charge is 0.333 e. The van der Waals surface area contributed by atoms with E-state index in [4.69, 9.17) is 4.98 Å². The van der Waals surface area contributed by atoms with Crippen molar-refractivity contribution >= 4 is 23.0 Å². The fourth-order valence-corrected chi connectivity index (χ4v) is 5.36. The van der Waals surface area contributed by atoms with Crippen molar-refractivity contribution in [3.8, 4) is 0 Å². The van der Waals surface area contributed by atoms with Crippen LogP contribution in [0.15, 0.2) is 39.9 Å². The molecule has 1 N–H and O–H groups in total. The van der Waals surface area contributed by atoms with E-state index in [9.17, 15) is 14.4 Å². The summed E-state index contributed by atoms with van der Waals surface area (Å²) in [4.78, 5) is 49.8. The lowest BCUT2D eigenvalue weighted by Gasteiger charge is -2.30. The SMILES string of the molecule is CCC(C)n1c(N2CCNCC2)nc2c1c(=O)n(CCc1ccccc1)c(=O)n2CC(=O)N1CCCC1. The van der Waals surface area contributed by atoms with Gasteiger partial charge in [-0.2, -0.15) is 4.98 Å². The number of likely N-dealkylation sites (tertiary alicyclic amines) is 1. The zero-order valence-electron chi connectivity index (χ0n) is 21.9. The van der Waals surface area contributed by atoms with Crippen LogP contribution in [0.1, 0.15) is 44.7 Å². The first-order chi connectivity index (χ1) is 18.0. The van der Waals surface area contributed by atoms with Crippen molar-refractivity contribution in [3.63, 3.8) is 0 Å². The van der Waals surface area contributed by atoms with Crippen LogP contribution in [0.4, 0.5) is 5.95 Å². The van der Waals surface area contributed by atoms with Crippen molar-refractivity contribution in [2.75, 3.05) is 44.2 Å². The first kappa shape index (κ1) is 25.3. The molecule has 1 amide bonds. The monoisotopic (exact) mass is 507 g/mol. The highest BCUT2D eigenvalue weighted by Gasteiger charge is 2.28. The molecular formula is C27H37N7O3. The van der Waals surface area contributed by atoms with Gasteiger partial charge < -0.3 is 19.7 Å². The molecule has 2 fully saturated rings. The number of anilines is 1. The van der Waals surface area contributed by atoms with Gasteiger partial charge in [-0.05, 0) is 38.2 Å².